The first-order valence-corrected chi connectivity index (χ1v) is 5.28. The van der Waals surface area contributed by atoms with Crippen LogP contribution in [0.15, 0.2) is 24.3 Å². The molecular formula is C12H13FN2O. The van der Waals surface area contributed by atoms with Gasteiger partial charge < -0.3 is 4.74 Å². The molecule has 84 valence electrons. The molecule has 1 aliphatic heterocycles. The highest BCUT2D eigenvalue weighted by Gasteiger charge is 2.21. The molecule has 1 unspecified atom stereocenters. The van der Waals surface area contributed by atoms with Gasteiger partial charge in [-0.3, -0.25) is 4.90 Å². The largest absolute Gasteiger partial charge is 0.379 e. The molecule has 1 atom stereocenters. The standard InChI is InChI=1S/C12H13FN2O/c13-11-3-1-10(2-4-11)12(9-14)15-5-7-16-8-6-15/h1-4,12H,5-8H2. The monoisotopic (exact) mass is 220 g/mol. The predicted octanol–water partition coefficient (Wildman–Crippen LogP) is 1.72. The van der Waals surface area contributed by atoms with Crippen molar-refractivity contribution >= 4 is 0 Å². The molecule has 0 N–H and O–H groups in total. The van der Waals surface area contributed by atoms with Gasteiger partial charge in [-0.05, 0) is 17.7 Å². The molecular weight excluding hydrogens is 207 g/mol. The van der Waals surface area contributed by atoms with Crippen molar-refractivity contribution in [2.45, 2.75) is 6.04 Å². The number of halogens is 1. The maximum absolute atomic E-state index is 12.8. The SMILES string of the molecule is N#CC(c1ccc(F)cc1)N1CCOCC1. The fourth-order valence-electron chi connectivity index (χ4n) is 1.85. The number of hydrogen-bond donors (Lipinski definition) is 0. The minimum Gasteiger partial charge on any atom is -0.379 e. The molecule has 0 aliphatic carbocycles. The fraction of sp³-hybridized carbons (Fsp3) is 0.417. The summed E-state index contributed by atoms with van der Waals surface area (Å²) in [4.78, 5) is 2.05. The lowest BCUT2D eigenvalue weighted by Crippen LogP contribution is -2.38. The summed E-state index contributed by atoms with van der Waals surface area (Å²) < 4.78 is 18.0. The van der Waals surface area contributed by atoms with Crippen LogP contribution in [0.4, 0.5) is 4.39 Å². The highest BCUT2D eigenvalue weighted by molar-refractivity contribution is 5.24. The van der Waals surface area contributed by atoms with Crippen molar-refractivity contribution in [3.8, 4) is 6.07 Å². The summed E-state index contributed by atoms with van der Waals surface area (Å²) in [5.41, 5.74) is 0.839. The lowest BCUT2D eigenvalue weighted by atomic mass is 10.1. The summed E-state index contributed by atoms with van der Waals surface area (Å²) >= 11 is 0. The van der Waals surface area contributed by atoms with Gasteiger partial charge in [-0.25, -0.2) is 4.39 Å². The molecule has 2 rings (SSSR count). The Morgan fingerprint density at radius 2 is 1.88 bits per heavy atom. The second-order valence-electron chi connectivity index (χ2n) is 3.73. The summed E-state index contributed by atoms with van der Waals surface area (Å²) in [6.45, 7) is 2.80. The second kappa shape index (κ2) is 5.06. The van der Waals surface area contributed by atoms with Gasteiger partial charge in [0.1, 0.15) is 11.9 Å². The molecule has 0 aromatic heterocycles. The van der Waals surface area contributed by atoms with E-state index in [1.54, 1.807) is 12.1 Å². The lowest BCUT2D eigenvalue weighted by molar-refractivity contribution is 0.0266. The maximum atomic E-state index is 12.8. The van der Waals surface area contributed by atoms with E-state index >= 15 is 0 Å². The van der Waals surface area contributed by atoms with E-state index in [4.69, 9.17) is 4.74 Å². The molecule has 0 radical (unpaired) electrons. The Kier molecular flexibility index (Phi) is 3.50. The molecule has 16 heavy (non-hydrogen) atoms. The number of morpholine rings is 1. The van der Waals surface area contributed by atoms with Crippen LogP contribution in [0.5, 0.6) is 0 Å². The third-order valence-electron chi connectivity index (χ3n) is 2.72. The van der Waals surface area contributed by atoms with Crippen molar-refractivity contribution in [1.29, 1.82) is 5.26 Å². The van der Waals surface area contributed by atoms with Gasteiger partial charge in [0.15, 0.2) is 0 Å². The summed E-state index contributed by atoms with van der Waals surface area (Å²) in [5.74, 6) is -0.276. The van der Waals surface area contributed by atoms with Crippen LogP contribution >= 0.6 is 0 Å². The molecule has 0 amide bonds. The van der Waals surface area contributed by atoms with Crippen molar-refractivity contribution in [2.75, 3.05) is 26.3 Å². The van der Waals surface area contributed by atoms with Gasteiger partial charge in [0.25, 0.3) is 0 Å². The van der Waals surface area contributed by atoms with Crippen LogP contribution in [0.1, 0.15) is 11.6 Å². The van der Waals surface area contributed by atoms with Gasteiger partial charge in [0, 0.05) is 13.1 Å². The molecule has 3 nitrogen and oxygen atoms in total. The normalized spacial score (nSPS) is 19.0. The quantitative estimate of drug-likeness (QED) is 0.761. The molecule has 1 aromatic carbocycles. The highest BCUT2D eigenvalue weighted by Crippen LogP contribution is 2.21. The Labute approximate surface area is 94.0 Å². The molecule has 1 aromatic rings. The van der Waals surface area contributed by atoms with Crippen molar-refractivity contribution < 1.29 is 9.13 Å². The van der Waals surface area contributed by atoms with E-state index in [0.29, 0.717) is 13.2 Å². The van der Waals surface area contributed by atoms with Crippen molar-refractivity contribution in [1.82, 2.24) is 4.90 Å². The van der Waals surface area contributed by atoms with Crippen LogP contribution in [0, 0.1) is 17.1 Å². The lowest BCUT2D eigenvalue weighted by Gasteiger charge is -2.30. The fourth-order valence-corrected chi connectivity index (χ4v) is 1.85. The van der Waals surface area contributed by atoms with Crippen LogP contribution in [0.3, 0.4) is 0 Å². The Bertz CT molecular complexity index is 379. The van der Waals surface area contributed by atoms with E-state index in [1.807, 2.05) is 0 Å². The number of rotatable bonds is 2. The number of nitriles is 1. The first-order chi connectivity index (χ1) is 7.81. The maximum Gasteiger partial charge on any atom is 0.124 e. The molecule has 4 heteroatoms. The zero-order valence-corrected chi connectivity index (χ0v) is 8.90. The number of ether oxygens (including phenoxy) is 1. The summed E-state index contributed by atoms with van der Waals surface area (Å²) in [6, 6.07) is 8.06. The molecule has 0 bridgehead atoms. The zero-order chi connectivity index (χ0) is 11.4. The summed E-state index contributed by atoms with van der Waals surface area (Å²) in [7, 11) is 0. The number of nitrogens with zero attached hydrogens (tertiary/aromatic N) is 2. The van der Waals surface area contributed by atoms with Crippen molar-refractivity contribution in [3.63, 3.8) is 0 Å². The average molecular weight is 220 g/mol. The van der Waals surface area contributed by atoms with Crippen molar-refractivity contribution in [3.05, 3.63) is 35.6 Å². The Hall–Kier alpha value is -1.44. The molecule has 1 fully saturated rings. The van der Waals surface area contributed by atoms with E-state index in [-0.39, 0.29) is 11.9 Å². The highest BCUT2D eigenvalue weighted by atomic mass is 19.1. The first kappa shape index (κ1) is 11.1. The van der Waals surface area contributed by atoms with Crippen LogP contribution in [-0.4, -0.2) is 31.2 Å². The number of hydrogen-bond acceptors (Lipinski definition) is 3. The Morgan fingerprint density at radius 1 is 1.25 bits per heavy atom. The van der Waals surface area contributed by atoms with Crippen LogP contribution in [0.2, 0.25) is 0 Å². The minimum absolute atomic E-state index is 0.276. The van der Waals surface area contributed by atoms with Gasteiger partial charge in [-0.2, -0.15) is 5.26 Å². The third kappa shape index (κ3) is 2.38. The van der Waals surface area contributed by atoms with E-state index in [1.165, 1.54) is 12.1 Å². The minimum atomic E-state index is -0.301. The van der Waals surface area contributed by atoms with Gasteiger partial charge >= 0.3 is 0 Å². The van der Waals surface area contributed by atoms with Gasteiger partial charge in [0.2, 0.25) is 0 Å². The van der Waals surface area contributed by atoms with Gasteiger partial charge in [-0.1, -0.05) is 12.1 Å². The van der Waals surface area contributed by atoms with E-state index in [2.05, 4.69) is 11.0 Å². The Balaban J connectivity index is 2.15. The Morgan fingerprint density at radius 3 is 2.44 bits per heavy atom. The molecule has 0 saturated carbocycles. The van der Waals surface area contributed by atoms with Crippen LogP contribution in [-0.2, 0) is 4.74 Å². The smallest absolute Gasteiger partial charge is 0.124 e. The van der Waals surface area contributed by atoms with E-state index in [9.17, 15) is 9.65 Å². The predicted molar refractivity (Wildman–Crippen MR) is 57.1 cm³/mol. The first-order valence-electron chi connectivity index (χ1n) is 5.28. The molecule has 1 saturated heterocycles. The topological polar surface area (TPSA) is 36.3 Å². The molecule has 0 spiro atoms. The zero-order valence-electron chi connectivity index (χ0n) is 8.90. The number of benzene rings is 1. The van der Waals surface area contributed by atoms with Crippen LogP contribution in [0.25, 0.3) is 0 Å². The van der Waals surface area contributed by atoms with Crippen molar-refractivity contribution in [2.24, 2.45) is 0 Å². The molecule has 1 aliphatic rings. The van der Waals surface area contributed by atoms with Crippen LogP contribution < -0.4 is 0 Å². The second-order valence-corrected chi connectivity index (χ2v) is 3.73. The van der Waals surface area contributed by atoms with E-state index in [0.717, 1.165) is 18.7 Å². The van der Waals surface area contributed by atoms with Gasteiger partial charge in [0.05, 0.1) is 19.3 Å². The average Bonchev–Trinajstić information content (AvgIpc) is 2.34. The summed E-state index contributed by atoms with van der Waals surface area (Å²) in [5, 5.41) is 9.17. The summed E-state index contributed by atoms with van der Waals surface area (Å²) in [6.07, 6.45) is 0. The van der Waals surface area contributed by atoms with Gasteiger partial charge in [-0.15, -0.1) is 0 Å². The third-order valence-corrected chi connectivity index (χ3v) is 2.72. The molecule has 1 heterocycles. The van der Waals surface area contributed by atoms with E-state index < -0.39 is 0 Å².